The molecule has 92 valence electrons. The lowest BCUT2D eigenvalue weighted by Crippen LogP contribution is -2.08. The van der Waals surface area contributed by atoms with E-state index in [0.717, 1.165) is 12.0 Å². The van der Waals surface area contributed by atoms with E-state index in [9.17, 15) is 4.79 Å². The Morgan fingerprint density at radius 3 is 2.53 bits per heavy atom. The summed E-state index contributed by atoms with van der Waals surface area (Å²) in [6.07, 6.45) is 2.27. The summed E-state index contributed by atoms with van der Waals surface area (Å²) in [7, 11) is 0. The molecule has 0 fully saturated rings. The van der Waals surface area contributed by atoms with Crippen LogP contribution in [0, 0.1) is 0 Å². The monoisotopic (exact) mass is 234 g/mol. The predicted molar refractivity (Wildman–Crippen MR) is 67.3 cm³/mol. The van der Waals surface area contributed by atoms with E-state index in [4.69, 9.17) is 9.47 Å². The Morgan fingerprint density at radius 1 is 1.24 bits per heavy atom. The van der Waals surface area contributed by atoms with Crippen molar-refractivity contribution in [1.29, 1.82) is 0 Å². The van der Waals surface area contributed by atoms with E-state index in [2.05, 4.69) is 0 Å². The summed E-state index contributed by atoms with van der Waals surface area (Å²) in [5.74, 6) is -0.341. The minimum Gasteiger partial charge on any atom is -0.501 e. The third kappa shape index (κ3) is 4.31. The molecule has 17 heavy (non-hydrogen) atoms. The van der Waals surface area contributed by atoms with E-state index in [-0.39, 0.29) is 5.97 Å². The first kappa shape index (κ1) is 13.3. The molecule has 0 aliphatic heterocycles. The Hall–Kier alpha value is -1.77. The van der Waals surface area contributed by atoms with Crippen LogP contribution in [0.4, 0.5) is 0 Å². The Bertz CT molecular complexity index is 368. The lowest BCUT2D eigenvalue weighted by Gasteiger charge is -2.08. The van der Waals surface area contributed by atoms with Crippen LogP contribution in [0.2, 0.25) is 0 Å². The second kappa shape index (κ2) is 7.49. The van der Waals surface area contributed by atoms with Crippen LogP contribution in [-0.2, 0) is 14.3 Å². The van der Waals surface area contributed by atoms with Gasteiger partial charge in [-0.25, -0.2) is 4.79 Å². The Kier molecular flexibility index (Phi) is 5.86. The maximum atomic E-state index is 11.8. The third-order valence-corrected chi connectivity index (χ3v) is 2.11. The van der Waals surface area contributed by atoms with Gasteiger partial charge < -0.3 is 9.47 Å². The van der Waals surface area contributed by atoms with Crippen molar-refractivity contribution in [3.05, 3.63) is 42.2 Å². The molecule has 0 atom stereocenters. The molecule has 0 spiro atoms. The Labute approximate surface area is 102 Å². The zero-order chi connectivity index (χ0) is 12.5. The van der Waals surface area contributed by atoms with Crippen LogP contribution < -0.4 is 0 Å². The fourth-order valence-corrected chi connectivity index (χ4v) is 1.29. The summed E-state index contributed by atoms with van der Waals surface area (Å²) in [6, 6.07) is 9.37. The van der Waals surface area contributed by atoms with Crippen molar-refractivity contribution in [2.45, 2.75) is 20.3 Å². The normalized spacial score (nSPS) is 11.1. The van der Waals surface area contributed by atoms with Crippen LogP contribution in [0.1, 0.15) is 25.8 Å². The van der Waals surface area contributed by atoms with E-state index >= 15 is 0 Å². The number of hydrogen-bond acceptors (Lipinski definition) is 3. The zero-order valence-electron chi connectivity index (χ0n) is 10.3. The summed E-state index contributed by atoms with van der Waals surface area (Å²) in [6.45, 7) is 4.78. The molecule has 0 aliphatic rings. The number of carbonyl (C=O) groups excluding carboxylic acids is 1. The SMILES string of the molecule is CCCOC(=O)C(=COCC)c1ccccc1. The average Bonchev–Trinajstić information content (AvgIpc) is 2.38. The van der Waals surface area contributed by atoms with Crippen molar-refractivity contribution in [3.63, 3.8) is 0 Å². The van der Waals surface area contributed by atoms with E-state index in [1.165, 1.54) is 6.26 Å². The molecule has 0 saturated heterocycles. The number of carbonyl (C=O) groups is 1. The van der Waals surface area contributed by atoms with Crippen LogP contribution in [0.5, 0.6) is 0 Å². The van der Waals surface area contributed by atoms with Crippen LogP contribution in [0.15, 0.2) is 36.6 Å². The molecule has 0 saturated carbocycles. The highest BCUT2D eigenvalue weighted by Crippen LogP contribution is 2.16. The highest BCUT2D eigenvalue weighted by atomic mass is 16.5. The zero-order valence-corrected chi connectivity index (χ0v) is 10.3. The fraction of sp³-hybridized carbons (Fsp3) is 0.357. The van der Waals surface area contributed by atoms with Crippen molar-refractivity contribution < 1.29 is 14.3 Å². The summed E-state index contributed by atoms with van der Waals surface area (Å²) in [5, 5.41) is 0. The van der Waals surface area contributed by atoms with Gasteiger partial charge in [-0.3, -0.25) is 0 Å². The highest BCUT2D eigenvalue weighted by Gasteiger charge is 2.13. The van der Waals surface area contributed by atoms with Crippen LogP contribution in [0.3, 0.4) is 0 Å². The van der Waals surface area contributed by atoms with Gasteiger partial charge in [0.15, 0.2) is 0 Å². The first-order chi connectivity index (χ1) is 8.29. The largest absolute Gasteiger partial charge is 0.501 e. The fourth-order valence-electron chi connectivity index (χ4n) is 1.29. The maximum absolute atomic E-state index is 11.8. The average molecular weight is 234 g/mol. The number of esters is 1. The molecule has 1 aromatic carbocycles. The van der Waals surface area contributed by atoms with Gasteiger partial charge in [0.2, 0.25) is 0 Å². The molecule has 0 radical (unpaired) electrons. The van der Waals surface area contributed by atoms with Crippen LogP contribution in [-0.4, -0.2) is 19.2 Å². The minimum absolute atomic E-state index is 0.341. The van der Waals surface area contributed by atoms with Gasteiger partial charge >= 0.3 is 5.97 Å². The van der Waals surface area contributed by atoms with Gasteiger partial charge in [-0.15, -0.1) is 0 Å². The molecule has 0 aliphatic carbocycles. The smallest absolute Gasteiger partial charge is 0.341 e. The van der Waals surface area contributed by atoms with Gasteiger partial charge in [-0.2, -0.15) is 0 Å². The first-order valence-electron chi connectivity index (χ1n) is 5.83. The van der Waals surface area contributed by atoms with Gasteiger partial charge in [-0.05, 0) is 18.9 Å². The molecule has 3 heteroatoms. The van der Waals surface area contributed by atoms with Crippen molar-refractivity contribution in [2.75, 3.05) is 13.2 Å². The molecule has 1 aromatic rings. The van der Waals surface area contributed by atoms with Gasteiger partial charge in [0.05, 0.1) is 19.5 Å². The molecule has 3 nitrogen and oxygen atoms in total. The van der Waals surface area contributed by atoms with Gasteiger partial charge in [-0.1, -0.05) is 37.3 Å². The number of benzene rings is 1. The maximum Gasteiger partial charge on any atom is 0.341 e. The molecule has 0 bridgehead atoms. The first-order valence-corrected chi connectivity index (χ1v) is 5.83. The van der Waals surface area contributed by atoms with Crippen LogP contribution >= 0.6 is 0 Å². The van der Waals surface area contributed by atoms with E-state index in [0.29, 0.717) is 18.8 Å². The van der Waals surface area contributed by atoms with E-state index in [1.54, 1.807) is 0 Å². The third-order valence-electron chi connectivity index (χ3n) is 2.11. The molecule has 0 amide bonds. The van der Waals surface area contributed by atoms with Gasteiger partial charge in [0.1, 0.15) is 5.57 Å². The summed E-state index contributed by atoms with van der Waals surface area (Å²) < 4.78 is 10.3. The number of rotatable bonds is 6. The quantitative estimate of drug-likeness (QED) is 0.431. The Balaban J connectivity index is 2.85. The topological polar surface area (TPSA) is 35.5 Å². The number of ether oxygens (including phenoxy) is 2. The van der Waals surface area contributed by atoms with Gasteiger partial charge in [0, 0.05) is 0 Å². The molecule has 1 rings (SSSR count). The second-order valence-electron chi connectivity index (χ2n) is 3.49. The second-order valence-corrected chi connectivity index (χ2v) is 3.49. The summed E-state index contributed by atoms with van der Waals surface area (Å²) in [4.78, 5) is 11.8. The van der Waals surface area contributed by atoms with Crippen molar-refractivity contribution >= 4 is 11.5 Å². The number of hydrogen-bond donors (Lipinski definition) is 0. The van der Waals surface area contributed by atoms with E-state index in [1.807, 2.05) is 44.2 Å². The van der Waals surface area contributed by atoms with Crippen molar-refractivity contribution in [3.8, 4) is 0 Å². The minimum atomic E-state index is -0.341. The summed E-state index contributed by atoms with van der Waals surface area (Å²) >= 11 is 0. The van der Waals surface area contributed by atoms with E-state index < -0.39 is 0 Å². The molecular formula is C14H18O3. The van der Waals surface area contributed by atoms with Crippen molar-refractivity contribution in [2.24, 2.45) is 0 Å². The lowest BCUT2D eigenvalue weighted by atomic mass is 10.1. The predicted octanol–water partition coefficient (Wildman–Crippen LogP) is 3.02. The van der Waals surface area contributed by atoms with Crippen molar-refractivity contribution in [1.82, 2.24) is 0 Å². The molecule has 0 unspecified atom stereocenters. The van der Waals surface area contributed by atoms with Crippen LogP contribution in [0.25, 0.3) is 5.57 Å². The lowest BCUT2D eigenvalue weighted by molar-refractivity contribution is -0.136. The Morgan fingerprint density at radius 2 is 1.94 bits per heavy atom. The highest BCUT2D eigenvalue weighted by molar-refractivity contribution is 6.16. The molecule has 0 aromatic heterocycles. The summed E-state index contributed by atoms with van der Waals surface area (Å²) in [5.41, 5.74) is 1.27. The van der Waals surface area contributed by atoms with Gasteiger partial charge in [0.25, 0.3) is 0 Å². The standard InChI is InChI=1S/C14H18O3/c1-3-10-17-14(15)13(11-16-4-2)12-8-6-5-7-9-12/h5-9,11H,3-4,10H2,1-2H3. The molecule has 0 N–H and O–H groups in total. The molecular weight excluding hydrogens is 216 g/mol. The molecule has 0 heterocycles.